The summed E-state index contributed by atoms with van der Waals surface area (Å²) in [6.45, 7) is 1.67. The molecule has 0 aliphatic rings. The Morgan fingerprint density at radius 2 is 2.00 bits per heavy atom. The number of nitrogens with one attached hydrogen (secondary N) is 1. The van der Waals surface area contributed by atoms with Gasteiger partial charge in [0.25, 0.3) is 11.6 Å². The highest BCUT2D eigenvalue weighted by Crippen LogP contribution is 2.20. The first-order valence-electron chi connectivity index (χ1n) is 7.18. The minimum absolute atomic E-state index is 0.0808. The number of amides is 1. The summed E-state index contributed by atoms with van der Waals surface area (Å²) in [6, 6.07) is 11.7. The fraction of sp³-hybridized carbons (Fsp3) is 0.167. The number of methoxy groups -OCH3 is 1. The van der Waals surface area contributed by atoms with Gasteiger partial charge in [-0.1, -0.05) is 30.0 Å². The van der Waals surface area contributed by atoms with Gasteiger partial charge in [0.15, 0.2) is 0 Å². The van der Waals surface area contributed by atoms with Crippen LogP contribution in [0.25, 0.3) is 0 Å². The predicted octanol–water partition coefficient (Wildman–Crippen LogP) is 2.69. The molecule has 6 nitrogen and oxygen atoms in total. The van der Waals surface area contributed by atoms with E-state index in [9.17, 15) is 14.9 Å². The van der Waals surface area contributed by atoms with E-state index in [1.807, 2.05) is 18.2 Å². The first-order chi connectivity index (χ1) is 11.5. The van der Waals surface area contributed by atoms with E-state index in [1.165, 1.54) is 12.1 Å². The average Bonchev–Trinajstić information content (AvgIpc) is 2.58. The van der Waals surface area contributed by atoms with E-state index in [1.54, 1.807) is 26.2 Å². The van der Waals surface area contributed by atoms with Crippen molar-refractivity contribution in [3.8, 4) is 17.6 Å². The molecule has 2 aromatic carbocycles. The van der Waals surface area contributed by atoms with E-state index in [0.717, 1.165) is 5.56 Å². The maximum absolute atomic E-state index is 12.1. The van der Waals surface area contributed by atoms with Crippen LogP contribution in [0.3, 0.4) is 0 Å². The third-order valence-corrected chi connectivity index (χ3v) is 3.41. The number of nitrogens with zero attached hydrogens (tertiary/aromatic N) is 1. The topological polar surface area (TPSA) is 81.5 Å². The first-order valence-corrected chi connectivity index (χ1v) is 7.18. The summed E-state index contributed by atoms with van der Waals surface area (Å²) in [4.78, 5) is 22.6. The molecule has 2 rings (SSSR count). The van der Waals surface area contributed by atoms with Gasteiger partial charge in [-0.3, -0.25) is 14.9 Å². The monoisotopic (exact) mass is 324 g/mol. The maximum atomic E-state index is 12.1. The van der Waals surface area contributed by atoms with Crippen molar-refractivity contribution in [1.82, 2.24) is 5.32 Å². The molecule has 0 spiro atoms. The second-order valence-corrected chi connectivity index (χ2v) is 4.89. The molecule has 0 saturated heterocycles. The van der Waals surface area contributed by atoms with Gasteiger partial charge in [-0.05, 0) is 25.1 Å². The van der Waals surface area contributed by atoms with Crippen molar-refractivity contribution in [2.75, 3.05) is 13.7 Å². The number of rotatable bonds is 4. The SMILES string of the molecule is COc1ccccc1C#CCNC(=O)c1cccc([N+](=O)[O-])c1C. The summed E-state index contributed by atoms with van der Waals surface area (Å²) in [7, 11) is 1.56. The summed E-state index contributed by atoms with van der Waals surface area (Å²) in [6.07, 6.45) is 0. The number of nitro benzene ring substituents is 1. The molecule has 0 unspecified atom stereocenters. The number of ether oxygens (including phenoxy) is 1. The quantitative estimate of drug-likeness (QED) is 0.532. The highest BCUT2D eigenvalue weighted by Gasteiger charge is 2.17. The summed E-state index contributed by atoms with van der Waals surface area (Å²) < 4.78 is 5.19. The molecule has 0 atom stereocenters. The Morgan fingerprint density at radius 3 is 2.71 bits per heavy atom. The fourth-order valence-corrected chi connectivity index (χ4v) is 2.17. The third-order valence-electron chi connectivity index (χ3n) is 3.41. The summed E-state index contributed by atoms with van der Waals surface area (Å²) in [5.41, 5.74) is 1.24. The molecular formula is C18H16N2O4. The molecule has 24 heavy (non-hydrogen) atoms. The van der Waals surface area contributed by atoms with Crippen LogP contribution >= 0.6 is 0 Å². The van der Waals surface area contributed by atoms with Crippen LogP contribution in [0, 0.1) is 28.9 Å². The van der Waals surface area contributed by atoms with Gasteiger partial charge in [0, 0.05) is 17.2 Å². The van der Waals surface area contributed by atoms with Crippen molar-refractivity contribution >= 4 is 11.6 Å². The molecule has 2 aromatic rings. The standard InChI is InChI=1S/C18H16N2O4/c1-13-15(9-5-10-16(13)20(22)23)18(21)19-12-6-8-14-7-3-4-11-17(14)24-2/h3-5,7,9-11H,12H2,1-2H3,(H,19,21). The molecule has 1 N–H and O–H groups in total. The zero-order valence-electron chi connectivity index (χ0n) is 13.3. The van der Waals surface area contributed by atoms with Gasteiger partial charge in [0.05, 0.1) is 24.1 Å². The number of hydrogen-bond donors (Lipinski definition) is 1. The van der Waals surface area contributed by atoms with E-state index in [-0.39, 0.29) is 17.8 Å². The molecule has 6 heteroatoms. The second kappa shape index (κ2) is 7.79. The third kappa shape index (κ3) is 3.90. The van der Waals surface area contributed by atoms with Crippen LogP contribution in [-0.4, -0.2) is 24.5 Å². The summed E-state index contributed by atoms with van der Waals surface area (Å²) >= 11 is 0. The molecule has 0 aliphatic heterocycles. The van der Waals surface area contributed by atoms with Gasteiger partial charge in [-0.25, -0.2) is 0 Å². The Bertz CT molecular complexity index is 834. The summed E-state index contributed by atoms with van der Waals surface area (Å²) in [5, 5.41) is 13.6. The van der Waals surface area contributed by atoms with E-state index < -0.39 is 10.8 Å². The van der Waals surface area contributed by atoms with E-state index in [0.29, 0.717) is 11.3 Å². The summed E-state index contributed by atoms with van der Waals surface area (Å²) in [5.74, 6) is 6.02. The fourth-order valence-electron chi connectivity index (χ4n) is 2.17. The smallest absolute Gasteiger partial charge is 0.273 e. The Balaban J connectivity index is 2.06. The lowest BCUT2D eigenvalue weighted by molar-refractivity contribution is -0.385. The van der Waals surface area contributed by atoms with Crippen molar-refractivity contribution in [3.63, 3.8) is 0 Å². The van der Waals surface area contributed by atoms with Gasteiger partial charge >= 0.3 is 0 Å². The van der Waals surface area contributed by atoms with Crippen LogP contribution in [-0.2, 0) is 0 Å². The molecule has 0 aromatic heterocycles. The van der Waals surface area contributed by atoms with Gasteiger partial charge in [-0.15, -0.1) is 0 Å². The Hall–Kier alpha value is -3.33. The molecule has 0 heterocycles. The molecule has 122 valence electrons. The van der Waals surface area contributed by atoms with Crippen molar-refractivity contribution in [2.24, 2.45) is 0 Å². The number of carbonyl (C=O) groups excluding carboxylic acids is 1. The van der Waals surface area contributed by atoms with Crippen LogP contribution in [0.5, 0.6) is 5.75 Å². The Labute approximate surface area is 139 Å². The minimum atomic E-state index is -0.506. The molecule has 0 radical (unpaired) electrons. The lowest BCUT2D eigenvalue weighted by atomic mass is 10.1. The van der Waals surface area contributed by atoms with Crippen LogP contribution in [0.4, 0.5) is 5.69 Å². The number of hydrogen-bond acceptors (Lipinski definition) is 4. The average molecular weight is 324 g/mol. The van der Waals surface area contributed by atoms with Gasteiger partial charge in [-0.2, -0.15) is 0 Å². The highest BCUT2D eigenvalue weighted by atomic mass is 16.6. The molecule has 1 amide bonds. The first kappa shape index (κ1) is 17.0. The second-order valence-electron chi connectivity index (χ2n) is 4.89. The predicted molar refractivity (Wildman–Crippen MR) is 90.0 cm³/mol. The number of carbonyl (C=O) groups is 1. The van der Waals surface area contributed by atoms with Gasteiger partial charge < -0.3 is 10.1 Å². The van der Waals surface area contributed by atoms with Crippen molar-refractivity contribution < 1.29 is 14.5 Å². The minimum Gasteiger partial charge on any atom is -0.495 e. The number of benzene rings is 2. The lowest BCUT2D eigenvalue weighted by Crippen LogP contribution is -2.24. The molecule has 0 bridgehead atoms. The van der Waals surface area contributed by atoms with E-state index in [2.05, 4.69) is 17.2 Å². The van der Waals surface area contributed by atoms with Crippen LogP contribution < -0.4 is 10.1 Å². The Kier molecular flexibility index (Phi) is 5.53. The largest absolute Gasteiger partial charge is 0.495 e. The van der Waals surface area contributed by atoms with Gasteiger partial charge in [0.1, 0.15) is 5.75 Å². The normalized spacial score (nSPS) is 9.58. The van der Waals surface area contributed by atoms with Crippen molar-refractivity contribution in [3.05, 3.63) is 69.3 Å². The van der Waals surface area contributed by atoms with Crippen molar-refractivity contribution in [2.45, 2.75) is 6.92 Å². The van der Waals surface area contributed by atoms with Crippen LogP contribution in [0.1, 0.15) is 21.5 Å². The number of nitro groups is 1. The molecule has 0 aliphatic carbocycles. The molecule has 0 fully saturated rings. The zero-order valence-corrected chi connectivity index (χ0v) is 13.3. The number of para-hydroxylation sites is 1. The lowest BCUT2D eigenvalue weighted by Gasteiger charge is -2.05. The molecular weight excluding hydrogens is 308 g/mol. The van der Waals surface area contributed by atoms with Crippen molar-refractivity contribution in [1.29, 1.82) is 0 Å². The van der Waals surface area contributed by atoms with Crippen LogP contribution in [0.15, 0.2) is 42.5 Å². The zero-order chi connectivity index (χ0) is 17.5. The van der Waals surface area contributed by atoms with Crippen LogP contribution in [0.2, 0.25) is 0 Å². The maximum Gasteiger partial charge on any atom is 0.273 e. The van der Waals surface area contributed by atoms with E-state index >= 15 is 0 Å². The van der Waals surface area contributed by atoms with Gasteiger partial charge in [0.2, 0.25) is 0 Å². The highest BCUT2D eigenvalue weighted by molar-refractivity contribution is 5.96. The van der Waals surface area contributed by atoms with E-state index in [4.69, 9.17) is 4.74 Å². The molecule has 0 saturated carbocycles. The Morgan fingerprint density at radius 1 is 1.25 bits per heavy atom.